The van der Waals surface area contributed by atoms with Crippen LogP contribution in [0.1, 0.15) is 16.7 Å². The molecule has 37 heavy (non-hydrogen) atoms. The average Bonchev–Trinajstić information content (AvgIpc) is 3.30. The van der Waals surface area contributed by atoms with Gasteiger partial charge in [-0.15, -0.1) is 0 Å². The van der Waals surface area contributed by atoms with Gasteiger partial charge in [-0.05, 0) is 54.4 Å². The summed E-state index contributed by atoms with van der Waals surface area (Å²) in [5.41, 5.74) is 1.16. The Bertz CT molecular complexity index is 1720. The molecule has 0 spiro atoms. The summed E-state index contributed by atoms with van der Waals surface area (Å²) < 4.78 is 20.0. The molecule has 3 aromatic carbocycles. The van der Waals surface area contributed by atoms with E-state index < -0.39 is 17.1 Å². The van der Waals surface area contributed by atoms with E-state index in [-0.39, 0.29) is 23.6 Å². The van der Waals surface area contributed by atoms with Crippen molar-refractivity contribution in [2.75, 3.05) is 13.7 Å². The molecule has 0 saturated heterocycles. The van der Waals surface area contributed by atoms with Crippen LogP contribution in [0.3, 0.4) is 0 Å². The van der Waals surface area contributed by atoms with Gasteiger partial charge in [0.2, 0.25) is 5.88 Å². The number of nitrogens with one attached hydrogen (secondary N) is 2. The highest BCUT2D eigenvalue weighted by Gasteiger charge is 2.21. The van der Waals surface area contributed by atoms with Crippen molar-refractivity contribution < 1.29 is 14.2 Å². The molecule has 0 amide bonds. The molecular formula is C28H23FN4O4. The van der Waals surface area contributed by atoms with Crippen LogP contribution in [0.15, 0.2) is 93.6 Å². The first kappa shape index (κ1) is 23.8. The molecule has 0 bridgehead atoms. The lowest BCUT2D eigenvalue weighted by atomic mass is 10.0. The zero-order valence-electron chi connectivity index (χ0n) is 19.9. The minimum absolute atomic E-state index is 0.133. The number of rotatable bonds is 7. The summed E-state index contributed by atoms with van der Waals surface area (Å²) in [5, 5.41) is 12.0. The van der Waals surface area contributed by atoms with Crippen molar-refractivity contribution in [3.63, 3.8) is 0 Å². The second-order valence-electron chi connectivity index (χ2n) is 8.34. The van der Waals surface area contributed by atoms with Crippen LogP contribution < -0.4 is 16.0 Å². The fourth-order valence-corrected chi connectivity index (χ4v) is 4.27. The maximum absolute atomic E-state index is 13.8. The number of aromatic hydroxyl groups is 1. The first-order chi connectivity index (χ1) is 18.0. The molecule has 3 N–H and O–H groups in total. The monoisotopic (exact) mass is 498 g/mol. The van der Waals surface area contributed by atoms with E-state index in [1.165, 1.54) is 19.2 Å². The third kappa shape index (κ3) is 4.66. The molecule has 5 rings (SSSR count). The Labute approximate surface area is 210 Å². The second kappa shape index (κ2) is 9.98. The first-order valence-corrected chi connectivity index (χ1v) is 11.5. The maximum atomic E-state index is 13.8. The van der Waals surface area contributed by atoms with Gasteiger partial charge in [-0.2, -0.15) is 0 Å². The molecular weight excluding hydrogens is 475 g/mol. The van der Waals surface area contributed by atoms with Crippen LogP contribution in [-0.2, 0) is 6.42 Å². The number of aliphatic imine (C=N–C) groups is 1. The van der Waals surface area contributed by atoms with Crippen LogP contribution in [0, 0.1) is 5.82 Å². The lowest BCUT2D eigenvalue weighted by molar-refractivity contribution is 0.414. The lowest BCUT2D eigenvalue weighted by Gasteiger charge is -2.14. The van der Waals surface area contributed by atoms with E-state index in [1.54, 1.807) is 60.8 Å². The molecule has 0 unspecified atom stereocenters. The predicted molar refractivity (Wildman–Crippen MR) is 140 cm³/mol. The van der Waals surface area contributed by atoms with E-state index in [0.29, 0.717) is 23.4 Å². The standard InChI is InChI=1S/C28H23FN4O4/c1-37-21-10-8-20(9-11-21)33-27(35)24(26(34)32-28(33)36)25(17-5-3-2-4-6-17)30-14-13-18-16-31-23-12-7-19(29)15-22(18)23/h2-12,15-16,31,35H,13-14H2,1H3,(H,32,34,36). The quantitative estimate of drug-likeness (QED) is 0.295. The molecule has 0 saturated carbocycles. The van der Waals surface area contributed by atoms with E-state index in [4.69, 9.17) is 4.74 Å². The van der Waals surface area contributed by atoms with Crippen molar-refractivity contribution in [1.82, 2.24) is 14.5 Å². The van der Waals surface area contributed by atoms with E-state index in [0.717, 1.165) is 21.0 Å². The summed E-state index contributed by atoms with van der Waals surface area (Å²) in [7, 11) is 1.52. The summed E-state index contributed by atoms with van der Waals surface area (Å²) in [6.07, 6.45) is 2.26. The number of aromatic nitrogens is 3. The third-order valence-electron chi connectivity index (χ3n) is 6.08. The number of fused-ring (bicyclic) bond motifs is 1. The molecule has 0 aliphatic rings. The van der Waals surface area contributed by atoms with Crippen molar-refractivity contribution in [1.29, 1.82) is 0 Å². The molecule has 0 atom stereocenters. The van der Waals surface area contributed by atoms with Gasteiger partial charge in [-0.1, -0.05) is 30.3 Å². The highest BCUT2D eigenvalue weighted by molar-refractivity contribution is 6.14. The molecule has 0 fully saturated rings. The van der Waals surface area contributed by atoms with Gasteiger partial charge in [-0.25, -0.2) is 13.8 Å². The minimum Gasteiger partial charge on any atom is -0.497 e. The highest BCUT2D eigenvalue weighted by Crippen LogP contribution is 2.23. The molecule has 0 aliphatic carbocycles. The summed E-state index contributed by atoms with van der Waals surface area (Å²) >= 11 is 0. The fourth-order valence-electron chi connectivity index (χ4n) is 4.27. The first-order valence-electron chi connectivity index (χ1n) is 11.5. The lowest BCUT2D eigenvalue weighted by Crippen LogP contribution is -2.33. The summed E-state index contributed by atoms with van der Waals surface area (Å²) in [5.74, 6) is -0.292. The molecule has 0 aliphatic heterocycles. The van der Waals surface area contributed by atoms with Gasteiger partial charge in [0.25, 0.3) is 5.56 Å². The summed E-state index contributed by atoms with van der Waals surface area (Å²) in [6, 6.07) is 19.9. The molecule has 186 valence electrons. The Balaban J connectivity index is 1.59. The third-order valence-corrected chi connectivity index (χ3v) is 6.08. The molecule has 2 aromatic heterocycles. The Morgan fingerprint density at radius 1 is 1.05 bits per heavy atom. The van der Waals surface area contributed by atoms with Crippen molar-refractivity contribution in [2.45, 2.75) is 6.42 Å². The van der Waals surface area contributed by atoms with Crippen LogP contribution in [0.4, 0.5) is 4.39 Å². The van der Waals surface area contributed by atoms with E-state index in [1.807, 2.05) is 6.07 Å². The van der Waals surface area contributed by atoms with E-state index in [9.17, 15) is 19.1 Å². The van der Waals surface area contributed by atoms with Gasteiger partial charge >= 0.3 is 5.69 Å². The maximum Gasteiger partial charge on any atom is 0.335 e. The fraction of sp³-hybridized carbons (Fsp3) is 0.107. The molecule has 2 heterocycles. The van der Waals surface area contributed by atoms with Crippen LogP contribution >= 0.6 is 0 Å². The average molecular weight is 499 g/mol. The molecule has 8 nitrogen and oxygen atoms in total. The second-order valence-corrected chi connectivity index (χ2v) is 8.34. The van der Waals surface area contributed by atoms with Crippen molar-refractivity contribution in [2.24, 2.45) is 4.99 Å². The number of methoxy groups -OCH3 is 1. The topological polar surface area (TPSA) is 112 Å². The predicted octanol–water partition coefficient (Wildman–Crippen LogP) is 3.94. The SMILES string of the molecule is COc1ccc(-n2c(O)c(C(=NCCc3c[nH]c4ccc(F)cc34)c3ccccc3)c(=O)[nH]c2=O)cc1. The Morgan fingerprint density at radius 3 is 2.54 bits per heavy atom. The van der Waals surface area contributed by atoms with Gasteiger partial charge in [0.15, 0.2) is 0 Å². The Kier molecular flexibility index (Phi) is 6.42. The van der Waals surface area contributed by atoms with Gasteiger partial charge in [0.1, 0.15) is 17.1 Å². The van der Waals surface area contributed by atoms with E-state index >= 15 is 0 Å². The smallest absolute Gasteiger partial charge is 0.335 e. The minimum atomic E-state index is -0.787. The van der Waals surface area contributed by atoms with Crippen molar-refractivity contribution >= 4 is 16.6 Å². The van der Waals surface area contributed by atoms with Crippen LogP contribution in [0.25, 0.3) is 16.6 Å². The van der Waals surface area contributed by atoms with Gasteiger partial charge < -0.3 is 14.8 Å². The molecule has 0 radical (unpaired) electrons. The molecule has 9 heteroatoms. The van der Waals surface area contributed by atoms with Gasteiger partial charge in [0.05, 0.1) is 18.5 Å². The number of aromatic amines is 2. The summed E-state index contributed by atoms with van der Waals surface area (Å²) in [6.45, 7) is 0.244. The zero-order valence-corrected chi connectivity index (χ0v) is 19.9. The summed E-state index contributed by atoms with van der Waals surface area (Å²) in [4.78, 5) is 35.8. The van der Waals surface area contributed by atoms with Crippen molar-refractivity contribution in [3.8, 4) is 17.3 Å². The Hall–Kier alpha value is -4.92. The van der Waals surface area contributed by atoms with Gasteiger partial charge in [-0.3, -0.25) is 14.8 Å². The van der Waals surface area contributed by atoms with Crippen LogP contribution in [0.5, 0.6) is 11.6 Å². The number of hydrogen-bond donors (Lipinski definition) is 3. The van der Waals surface area contributed by atoms with Crippen LogP contribution in [0.2, 0.25) is 0 Å². The number of benzene rings is 3. The zero-order chi connectivity index (χ0) is 25.9. The number of ether oxygens (including phenoxy) is 1. The highest BCUT2D eigenvalue weighted by atomic mass is 19.1. The number of nitrogens with zero attached hydrogens (tertiary/aromatic N) is 2. The number of H-pyrrole nitrogens is 2. The largest absolute Gasteiger partial charge is 0.497 e. The van der Waals surface area contributed by atoms with E-state index in [2.05, 4.69) is 15.0 Å². The number of hydrogen-bond acceptors (Lipinski definition) is 5. The normalized spacial score (nSPS) is 11.7. The van der Waals surface area contributed by atoms with Crippen LogP contribution in [-0.4, -0.2) is 39.0 Å². The molecule has 5 aromatic rings. The van der Waals surface area contributed by atoms with Crippen molar-refractivity contribution in [3.05, 3.63) is 122 Å². The number of halogens is 1. The van der Waals surface area contributed by atoms with Gasteiger partial charge in [0, 0.05) is 29.2 Å². The Morgan fingerprint density at radius 2 is 1.81 bits per heavy atom.